The van der Waals surface area contributed by atoms with Gasteiger partial charge in [0.25, 0.3) is 5.95 Å². The molecule has 0 unspecified atom stereocenters. The second-order valence-electron chi connectivity index (χ2n) is 5.23. The molecule has 128 valence electrons. The maximum absolute atomic E-state index is 5.39. The smallest absolute Gasteiger partial charge is 0.251 e. The third-order valence-corrected chi connectivity index (χ3v) is 3.66. The highest BCUT2D eigenvalue weighted by Crippen LogP contribution is 2.31. The Labute approximate surface area is 146 Å². The Morgan fingerprint density at radius 2 is 1.80 bits per heavy atom. The summed E-state index contributed by atoms with van der Waals surface area (Å²) in [5.41, 5.74) is 1.74. The van der Waals surface area contributed by atoms with Crippen molar-refractivity contribution < 1.29 is 9.47 Å². The van der Waals surface area contributed by atoms with Crippen molar-refractivity contribution in [2.75, 3.05) is 31.5 Å². The van der Waals surface area contributed by atoms with E-state index in [9.17, 15) is 0 Å². The van der Waals surface area contributed by atoms with Crippen LogP contribution >= 0.6 is 0 Å². The van der Waals surface area contributed by atoms with E-state index in [4.69, 9.17) is 9.47 Å². The second kappa shape index (κ2) is 7.48. The molecule has 0 radical (unpaired) electrons. The quantitative estimate of drug-likeness (QED) is 0.739. The van der Waals surface area contributed by atoms with Gasteiger partial charge in [-0.2, -0.15) is 10.1 Å². The van der Waals surface area contributed by atoms with Crippen molar-refractivity contribution in [3.8, 4) is 11.5 Å². The van der Waals surface area contributed by atoms with Gasteiger partial charge >= 0.3 is 0 Å². The maximum Gasteiger partial charge on any atom is 0.251 e. The van der Waals surface area contributed by atoms with Gasteiger partial charge in [-0.1, -0.05) is 18.2 Å². The molecule has 3 aromatic rings. The summed E-state index contributed by atoms with van der Waals surface area (Å²) in [6, 6.07) is 15.4. The zero-order chi connectivity index (χ0) is 17.6. The third-order valence-electron chi connectivity index (χ3n) is 3.66. The average molecular weight is 337 g/mol. The fourth-order valence-corrected chi connectivity index (χ4v) is 2.30. The van der Waals surface area contributed by atoms with E-state index in [-0.39, 0.29) is 0 Å². The number of nitrogens with one attached hydrogen (secondary N) is 1. The Balaban J connectivity index is 1.85. The van der Waals surface area contributed by atoms with Crippen molar-refractivity contribution >= 4 is 23.1 Å². The van der Waals surface area contributed by atoms with Crippen LogP contribution in [-0.4, -0.2) is 36.4 Å². The fourth-order valence-electron chi connectivity index (χ4n) is 2.30. The average Bonchev–Trinajstić information content (AvgIpc) is 2.68. The minimum Gasteiger partial charge on any atom is -0.497 e. The number of ether oxygens (including phenoxy) is 2. The fraction of sp³-hybridized carbons (Fsp3) is 0.167. The van der Waals surface area contributed by atoms with Crippen LogP contribution in [0.15, 0.2) is 54.7 Å². The molecule has 0 saturated carbocycles. The molecule has 3 rings (SSSR count). The summed E-state index contributed by atoms with van der Waals surface area (Å²) in [6.45, 7) is 0. The Kier molecular flexibility index (Phi) is 4.94. The van der Waals surface area contributed by atoms with E-state index in [0.717, 1.165) is 11.4 Å². The second-order valence-corrected chi connectivity index (χ2v) is 5.23. The van der Waals surface area contributed by atoms with Crippen LogP contribution in [0.2, 0.25) is 0 Å². The van der Waals surface area contributed by atoms with Gasteiger partial charge in [-0.15, -0.1) is 5.10 Å². The van der Waals surface area contributed by atoms with Crippen molar-refractivity contribution in [1.82, 2.24) is 15.2 Å². The van der Waals surface area contributed by atoms with Gasteiger partial charge < -0.3 is 19.7 Å². The Bertz CT molecular complexity index is 842. The standard InChI is InChI=1S/C18H19N5O2/c1-23(13-7-5-4-6-8-13)18-21-17(12-19-22-18)20-15-10-9-14(24-2)11-16(15)25-3/h4-12H,1-3H3,(H,20,21,22). The molecule has 0 aliphatic heterocycles. The van der Waals surface area contributed by atoms with Crippen molar-refractivity contribution in [2.24, 2.45) is 0 Å². The summed E-state index contributed by atoms with van der Waals surface area (Å²) in [7, 11) is 5.11. The van der Waals surface area contributed by atoms with E-state index in [0.29, 0.717) is 23.3 Å². The number of benzene rings is 2. The molecule has 0 aliphatic rings. The number of anilines is 4. The highest BCUT2D eigenvalue weighted by molar-refractivity contribution is 5.66. The number of nitrogens with zero attached hydrogens (tertiary/aromatic N) is 4. The first-order valence-corrected chi connectivity index (χ1v) is 7.69. The Morgan fingerprint density at radius 3 is 2.52 bits per heavy atom. The number of aromatic nitrogens is 3. The van der Waals surface area contributed by atoms with Crippen LogP contribution in [-0.2, 0) is 0 Å². The molecule has 1 aromatic heterocycles. The summed E-state index contributed by atoms with van der Waals surface area (Å²) in [5.74, 6) is 2.42. The number of para-hydroxylation sites is 1. The zero-order valence-corrected chi connectivity index (χ0v) is 14.3. The predicted molar refractivity (Wildman–Crippen MR) is 97.2 cm³/mol. The SMILES string of the molecule is COc1ccc(Nc2cnnc(N(C)c3ccccc3)n2)c(OC)c1. The molecule has 0 bridgehead atoms. The Hall–Kier alpha value is -3.35. The van der Waals surface area contributed by atoms with E-state index in [1.54, 1.807) is 26.5 Å². The van der Waals surface area contributed by atoms with Crippen LogP contribution in [0, 0.1) is 0 Å². The number of methoxy groups -OCH3 is 2. The normalized spacial score (nSPS) is 10.2. The summed E-state index contributed by atoms with van der Waals surface area (Å²) in [5, 5.41) is 11.3. The van der Waals surface area contributed by atoms with Crippen molar-refractivity contribution in [3.63, 3.8) is 0 Å². The largest absolute Gasteiger partial charge is 0.497 e. The van der Waals surface area contributed by atoms with Crippen molar-refractivity contribution in [3.05, 3.63) is 54.7 Å². The highest BCUT2D eigenvalue weighted by Gasteiger charge is 2.10. The minimum absolute atomic E-state index is 0.490. The lowest BCUT2D eigenvalue weighted by Gasteiger charge is -2.17. The zero-order valence-electron chi connectivity index (χ0n) is 14.3. The molecule has 7 nitrogen and oxygen atoms in total. The predicted octanol–water partition coefficient (Wildman–Crippen LogP) is 3.40. The molecule has 0 saturated heterocycles. The highest BCUT2D eigenvalue weighted by atomic mass is 16.5. The summed E-state index contributed by atoms with van der Waals surface area (Å²) in [4.78, 5) is 6.38. The Morgan fingerprint density at radius 1 is 1.00 bits per heavy atom. The van der Waals surface area contributed by atoms with Crippen molar-refractivity contribution in [2.45, 2.75) is 0 Å². The van der Waals surface area contributed by atoms with Gasteiger partial charge in [0.1, 0.15) is 11.5 Å². The maximum atomic E-state index is 5.39. The van der Waals surface area contributed by atoms with Gasteiger partial charge in [-0.05, 0) is 24.3 Å². The number of rotatable bonds is 6. The van der Waals surface area contributed by atoms with Gasteiger partial charge in [0.05, 0.1) is 26.1 Å². The summed E-state index contributed by atoms with van der Waals surface area (Å²) < 4.78 is 10.6. The lowest BCUT2D eigenvalue weighted by atomic mass is 10.2. The van der Waals surface area contributed by atoms with E-state index in [1.165, 1.54) is 0 Å². The van der Waals surface area contributed by atoms with Gasteiger partial charge in [0, 0.05) is 18.8 Å². The van der Waals surface area contributed by atoms with Crippen LogP contribution in [0.1, 0.15) is 0 Å². The molecule has 0 aliphatic carbocycles. The van der Waals surface area contributed by atoms with Crippen LogP contribution in [0.5, 0.6) is 11.5 Å². The van der Waals surface area contributed by atoms with Gasteiger partial charge in [0.15, 0.2) is 5.82 Å². The lowest BCUT2D eigenvalue weighted by Crippen LogP contribution is -2.14. The molecule has 1 heterocycles. The molecule has 0 spiro atoms. The van der Waals surface area contributed by atoms with Crippen molar-refractivity contribution in [1.29, 1.82) is 0 Å². The van der Waals surface area contributed by atoms with Crippen LogP contribution in [0.3, 0.4) is 0 Å². The van der Waals surface area contributed by atoms with Gasteiger partial charge in [-0.3, -0.25) is 0 Å². The molecule has 2 aromatic carbocycles. The molecule has 25 heavy (non-hydrogen) atoms. The summed E-state index contributed by atoms with van der Waals surface area (Å²) in [6.07, 6.45) is 1.56. The van der Waals surface area contributed by atoms with Gasteiger partial charge in [0.2, 0.25) is 0 Å². The molecular weight excluding hydrogens is 318 g/mol. The lowest BCUT2D eigenvalue weighted by molar-refractivity contribution is 0.395. The molecule has 1 N–H and O–H groups in total. The summed E-state index contributed by atoms with van der Waals surface area (Å²) >= 11 is 0. The molecule has 0 fully saturated rings. The van der Waals surface area contributed by atoms with E-state index in [2.05, 4.69) is 20.5 Å². The van der Waals surface area contributed by atoms with Crippen LogP contribution in [0.25, 0.3) is 0 Å². The monoisotopic (exact) mass is 337 g/mol. The van der Waals surface area contributed by atoms with Gasteiger partial charge in [-0.25, -0.2) is 0 Å². The first-order chi connectivity index (χ1) is 12.2. The topological polar surface area (TPSA) is 72.4 Å². The van der Waals surface area contributed by atoms with E-state index in [1.807, 2.05) is 54.4 Å². The number of hydrogen-bond donors (Lipinski definition) is 1. The first kappa shape index (κ1) is 16.5. The minimum atomic E-state index is 0.490. The third kappa shape index (κ3) is 3.77. The van der Waals surface area contributed by atoms with E-state index >= 15 is 0 Å². The molecule has 0 amide bonds. The van der Waals surface area contributed by atoms with E-state index < -0.39 is 0 Å². The molecule has 7 heteroatoms. The first-order valence-electron chi connectivity index (χ1n) is 7.69. The van der Waals surface area contributed by atoms with Crippen LogP contribution < -0.4 is 19.7 Å². The molecular formula is C18H19N5O2. The number of hydrogen-bond acceptors (Lipinski definition) is 7. The molecule has 0 atom stereocenters. The van der Waals surface area contributed by atoms with Crippen LogP contribution in [0.4, 0.5) is 23.1 Å².